The smallest absolute Gasteiger partial charge is 0.262 e. The van der Waals surface area contributed by atoms with Gasteiger partial charge in [-0.1, -0.05) is 0 Å². The first kappa shape index (κ1) is 14.7. The van der Waals surface area contributed by atoms with Crippen LogP contribution < -0.4 is 0 Å². The first-order valence-corrected chi connectivity index (χ1v) is 7.93. The quantitative estimate of drug-likeness (QED) is 0.721. The summed E-state index contributed by atoms with van der Waals surface area (Å²) >= 11 is 1.60. The Morgan fingerprint density at radius 2 is 1.86 bits per heavy atom. The van der Waals surface area contributed by atoms with Gasteiger partial charge in [0.15, 0.2) is 11.6 Å². The third kappa shape index (κ3) is 2.37. The van der Waals surface area contributed by atoms with E-state index >= 15 is 0 Å². The van der Waals surface area contributed by atoms with E-state index in [2.05, 4.69) is 0 Å². The molecule has 0 amide bonds. The molecule has 3 rings (SSSR count). The van der Waals surface area contributed by atoms with Crippen LogP contribution >= 0.6 is 11.8 Å². The summed E-state index contributed by atoms with van der Waals surface area (Å²) < 4.78 is 15.1. The topological polar surface area (TPSA) is 42.2 Å². The molecule has 1 aromatic heterocycles. The van der Waals surface area contributed by atoms with Crippen LogP contribution in [0.15, 0.2) is 47.4 Å². The van der Waals surface area contributed by atoms with E-state index in [-0.39, 0.29) is 5.91 Å². The fraction of sp³-hybridized carbons (Fsp3) is 0.118. The molecule has 5 heteroatoms. The van der Waals surface area contributed by atoms with E-state index in [4.69, 9.17) is 0 Å². The molecule has 3 nitrogen and oxygen atoms in total. The average molecular weight is 315 g/mol. The molecule has 0 aliphatic rings. The number of nitrogens with zero attached hydrogens (tertiary/aromatic N) is 1. The molecule has 22 heavy (non-hydrogen) atoms. The molecule has 1 heterocycles. The monoisotopic (exact) mass is 315 g/mol. The molecular weight excluding hydrogens is 301 g/mol. The third-order valence-corrected chi connectivity index (χ3v) is 4.34. The zero-order valence-corrected chi connectivity index (χ0v) is 12.9. The Morgan fingerprint density at radius 1 is 1.18 bits per heavy atom. The van der Waals surface area contributed by atoms with Gasteiger partial charge in [-0.15, -0.1) is 11.8 Å². The van der Waals surface area contributed by atoms with Crippen LogP contribution in [0.4, 0.5) is 4.39 Å². The Morgan fingerprint density at radius 3 is 2.50 bits per heavy atom. The van der Waals surface area contributed by atoms with Gasteiger partial charge in [0.25, 0.3) is 5.91 Å². The number of halogens is 1. The van der Waals surface area contributed by atoms with Crippen molar-refractivity contribution in [2.24, 2.45) is 0 Å². The zero-order valence-electron chi connectivity index (χ0n) is 12.1. The van der Waals surface area contributed by atoms with Gasteiger partial charge in [-0.3, -0.25) is 9.36 Å². The van der Waals surface area contributed by atoms with E-state index in [0.29, 0.717) is 22.2 Å². The van der Waals surface area contributed by atoms with Gasteiger partial charge in [-0.2, -0.15) is 0 Å². The number of benzene rings is 2. The second-order valence-electron chi connectivity index (χ2n) is 5.02. The Kier molecular flexibility index (Phi) is 3.66. The van der Waals surface area contributed by atoms with Crippen LogP contribution in [0.2, 0.25) is 0 Å². The first-order valence-electron chi connectivity index (χ1n) is 6.70. The molecule has 0 saturated carbocycles. The lowest BCUT2D eigenvalue weighted by Crippen LogP contribution is -2.13. The number of thioether (sulfide) groups is 1. The molecule has 0 saturated heterocycles. The van der Waals surface area contributed by atoms with Gasteiger partial charge < -0.3 is 5.11 Å². The Balaban J connectivity index is 2.13. The van der Waals surface area contributed by atoms with Crippen LogP contribution in [0, 0.1) is 12.7 Å². The molecule has 0 aliphatic carbocycles. The molecule has 0 spiro atoms. The van der Waals surface area contributed by atoms with Crippen molar-refractivity contribution in [2.45, 2.75) is 11.8 Å². The predicted molar refractivity (Wildman–Crippen MR) is 86.2 cm³/mol. The maximum Gasteiger partial charge on any atom is 0.262 e. The molecule has 112 valence electrons. The number of carbonyl (C=O) groups is 1. The van der Waals surface area contributed by atoms with Crippen molar-refractivity contribution >= 4 is 28.6 Å². The largest absolute Gasteiger partial charge is 0.505 e. The third-order valence-electron chi connectivity index (χ3n) is 3.59. The van der Waals surface area contributed by atoms with E-state index in [1.54, 1.807) is 36.9 Å². The number of fused-ring (bicyclic) bond motifs is 1. The molecule has 2 aromatic carbocycles. The second-order valence-corrected chi connectivity index (χ2v) is 5.90. The molecule has 0 fully saturated rings. The SMILES string of the molecule is CSc1ccc(C(=O)n2c(C)cc3cc(O)c(F)cc32)cc1. The summed E-state index contributed by atoms with van der Waals surface area (Å²) in [6.07, 6.45) is 1.97. The molecule has 3 aromatic rings. The molecule has 0 aliphatic heterocycles. The van der Waals surface area contributed by atoms with Crippen molar-refractivity contribution < 1.29 is 14.3 Å². The number of phenolic OH excluding ortho intramolecular Hbond substituents is 1. The summed E-state index contributed by atoms with van der Waals surface area (Å²) in [5.41, 5.74) is 1.68. The van der Waals surface area contributed by atoms with Crippen LogP contribution in [0.25, 0.3) is 10.9 Å². The summed E-state index contributed by atoms with van der Waals surface area (Å²) in [4.78, 5) is 13.8. The Hall–Kier alpha value is -2.27. The maximum absolute atomic E-state index is 13.6. The zero-order chi connectivity index (χ0) is 15.9. The van der Waals surface area contributed by atoms with Crippen LogP contribution in [-0.2, 0) is 0 Å². The van der Waals surface area contributed by atoms with Crippen LogP contribution in [0.1, 0.15) is 16.1 Å². The van der Waals surface area contributed by atoms with Gasteiger partial charge in [0.2, 0.25) is 0 Å². The normalized spacial score (nSPS) is 11.0. The standard InChI is InChI=1S/C17H14FNO2S/c1-10-7-12-8-16(20)14(18)9-15(12)19(10)17(21)11-3-5-13(22-2)6-4-11/h3-9,20H,1-2H3. The summed E-state index contributed by atoms with van der Waals surface area (Å²) in [7, 11) is 0. The lowest BCUT2D eigenvalue weighted by molar-refractivity contribution is 0.0963. The number of hydrogen-bond donors (Lipinski definition) is 1. The number of carbonyl (C=O) groups excluding carboxylic acids is 1. The van der Waals surface area contributed by atoms with E-state index in [1.807, 2.05) is 18.4 Å². The van der Waals surface area contributed by atoms with Gasteiger partial charge in [0.1, 0.15) is 0 Å². The summed E-state index contributed by atoms with van der Waals surface area (Å²) in [5, 5.41) is 10.1. The van der Waals surface area contributed by atoms with Gasteiger partial charge >= 0.3 is 0 Å². The van der Waals surface area contributed by atoms with Crippen molar-refractivity contribution in [3.05, 3.63) is 59.5 Å². The molecule has 0 atom stereocenters. The van der Waals surface area contributed by atoms with Gasteiger partial charge in [0.05, 0.1) is 5.52 Å². The lowest BCUT2D eigenvalue weighted by Gasteiger charge is -2.08. The number of rotatable bonds is 2. The van der Waals surface area contributed by atoms with Gasteiger partial charge in [-0.25, -0.2) is 4.39 Å². The Bertz CT molecular complexity index is 868. The molecule has 1 N–H and O–H groups in total. The maximum atomic E-state index is 13.6. The first-order chi connectivity index (χ1) is 10.5. The number of phenols is 1. The number of aryl methyl sites for hydroxylation is 1. The minimum atomic E-state index is -0.739. The summed E-state index contributed by atoms with van der Waals surface area (Å²) in [6.45, 7) is 1.78. The van der Waals surface area contributed by atoms with Crippen LogP contribution in [0.5, 0.6) is 5.75 Å². The number of aromatic hydroxyl groups is 1. The van der Waals surface area contributed by atoms with Gasteiger partial charge in [-0.05, 0) is 49.6 Å². The van der Waals surface area contributed by atoms with Crippen molar-refractivity contribution in [1.29, 1.82) is 0 Å². The summed E-state index contributed by atoms with van der Waals surface area (Å²) in [5.74, 6) is -1.37. The van der Waals surface area contributed by atoms with E-state index in [9.17, 15) is 14.3 Å². The predicted octanol–water partition coefficient (Wildman–Crippen LogP) is 4.20. The highest BCUT2D eigenvalue weighted by molar-refractivity contribution is 7.98. The average Bonchev–Trinajstić information content (AvgIpc) is 2.82. The number of aromatic nitrogens is 1. The molecule has 0 unspecified atom stereocenters. The molecule has 0 bridgehead atoms. The van der Waals surface area contributed by atoms with E-state index in [1.165, 1.54) is 16.7 Å². The second kappa shape index (κ2) is 5.50. The van der Waals surface area contributed by atoms with Crippen molar-refractivity contribution in [3.63, 3.8) is 0 Å². The highest BCUT2D eigenvalue weighted by Crippen LogP contribution is 2.27. The van der Waals surface area contributed by atoms with Gasteiger partial charge in [0, 0.05) is 27.6 Å². The van der Waals surface area contributed by atoms with Crippen molar-refractivity contribution in [2.75, 3.05) is 6.26 Å². The Labute approximate surface area is 131 Å². The summed E-state index contributed by atoms with van der Waals surface area (Å²) in [6, 6.07) is 11.6. The lowest BCUT2D eigenvalue weighted by atomic mass is 10.2. The van der Waals surface area contributed by atoms with E-state index in [0.717, 1.165) is 4.90 Å². The number of hydrogen-bond acceptors (Lipinski definition) is 3. The van der Waals surface area contributed by atoms with Crippen LogP contribution in [0.3, 0.4) is 0 Å². The van der Waals surface area contributed by atoms with Crippen molar-refractivity contribution in [1.82, 2.24) is 4.57 Å². The molecule has 0 radical (unpaired) electrons. The highest BCUT2D eigenvalue weighted by atomic mass is 32.2. The minimum Gasteiger partial charge on any atom is -0.505 e. The minimum absolute atomic E-state index is 0.217. The fourth-order valence-corrected chi connectivity index (χ4v) is 2.90. The van der Waals surface area contributed by atoms with Crippen LogP contribution in [-0.4, -0.2) is 21.8 Å². The fourth-order valence-electron chi connectivity index (χ4n) is 2.49. The highest BCUT2D eigenvalue weighted by Gasteiger charge is 2.16. The van der Waals surface area contributed by atoms with E-state index < -0.39 is 11.6 Å². The van der Waals surface area contributed by atoms with Crippen molar-refractivity contribution in [3.8, 4) is 5.75 Å². The molecular formula is C17H14FNO2S.